The van der Waals surface area contributed by atoms with Gasteiger partial charge in [0.2, 0.25) is 0 Å². The molecule has 1 aromatic rings. The van der Waals surface area contributed by atoms with Gasteiger partial charge in [0.1, 0.15) is 48.8 Å². The van der Waals surface area contributed by atoms with Crippen molar-refractivity contribution >= 4 is 0 Å². The van der Waals surface area contributed by atoms with Gasteiger partial charge in [0, 0.05) is 17.7 Å². The zero-order valence-electron chi connectivity index (χ0n) is 23.1. The Bertz CT molecular complexity index is 885. The van der Waals surface area contributed by atoms with Gasteiger partial charge in [-0.25, -0.2) is 10.5 Å². The molecule has 0 amide bonds. The fraction of sp³-hybridized carbons (Fsp3) is 0.769. The van der Waals surface area contributed by atoms with Gasteiger partial charge in [-0.2, -0.15) is 0 Å². The Hall–Kier alpha value is -1.37. The molecule has 40 heavy (non-hydrogen) atoms. The maximum absolute atomic E-state index is 10.8. The summed E-state index contributed by atoms with van der Waals surface area (Å²) in [4.78, 5) is 8.36. The van der Waals surface area contributed by atoms with Crippen molar-refractivity contribution in [3.8, 4) is 0 Å². The number of nitrogens with one attached hydrogen (secondary N) is 2. The molecule has 0 aliphatic carbocycles. The van der Waals surface area contributed by atoms with Crippen LogP contribution in [0.1, 0.15) is 38.3 Å². The van der Waals surface area contributed by atoms with Crippen LogP contribution in [0.25, 0.3) is 0 Å². The van der Waals surface area contributed by atoms with E-state index >= 15 is 0 Å². The molecular formula is C26H44N2O12+. The monoisotopic (exact) mass is 576 g/mol. The largest absolute Gasteiger partial charge is 0.394 e. The van der Waals surface area contributed by atoms with Crippen LogP contribution < -0.4 is 10.5 Å². The smallest absolute Gasteiger partial charge is 0.187 e. The molecule has 8 N–H and O–H groups in total. The third kappa shape index (κ3) is 9.06. The molecule has 3 rings (SSSR count). The molecule has 3 heterocycles. The zero-order chi connectivity index (χ0) is 29.4. The highest BCUT2D eigenvalue weighted by Crippen LogP contribution is 2.31. The topological polar surface area (TPSA) is 203 Å². The van der Waals surface area contributed by atoms with E-state index in [0.29, 0.717) is 19.6 Å². The highest BCUT2D eigenvalue weighted by molar-refractivity contribution is 5.16. The molecule has 2 saturated heterocycles. The van der Waals surface area contributed by atoms with Gasteiger partial charge in [0.25, 0.3) is 0 Å². The summed E-state index contributed by atoms with van der Waals surface area (Å²) in [7, 11) is 0. The van der Waals surface area contributed by atoms with E-state index in [1.165, 1.54) is 0 Å². The molecule has 0 aromatic carbocycles. The molecule has 0 saturated carbocycles. The Labute approximate surface area is 233 Å². The van der Waals surface area contributed by atoms with Crippen LogP contribution in [0.4, 0.5) is 0 Å². The fourth-order valence-corrected chi connectivity index (χ4v) is 4.44. The van der Waals surface area contributed by atoms with Gasteiger partial charge in [-0.3, -0.25) is 4.84 Å². The minimum absolute atomic E-state index is 0.139. The van der Waals surface area contributed by atoms with E-state index in [9.17, 15) is 30.6 Å². The number of pyridine rings is 1. The van der Waals surface area contributed by atoms with E-state index in [1.807, 2.05) is 6.07 Å². The molecule has 229 valence electrons. The zero-order valence-corrected chi connectivity index (χ0v) is 23.1. The lowest BCUT2D eigenvalue weighted by molar-refractivity contribution is -0.379. The van der Waals surface area contributed by atoms with Gasteiger partial charge >= 0.3 is 0 Å². The van der Waals surface area contributed by atoms with Crippen molar-refractivity contribution in [2.75, 3.05) is 26.4 Å². The van der Waals surface area contributed by atoms with E-state index in [1.54, 1.807) is 33.2 Å². The highest BCUT2D eigenvalue weighted by Gasteiger charge is 2.51. The number of aromatic amines is 1. The van der Waals surface area contributed by atoms with E-state index in [4.69, 9.17) is 28.5 Å². The van der Waals surface area contributed by atoms with Crippen LogP contribution in [0.15, 0.2) is 18.5 Å². The van der Waals surface area contributed by atoms with Crippen LogP contribution in [-0.4, -0.2) is 124 Å². The maximum atomic E-state index is 10.8. The Morgan fingerprint density at radius 3 is 2.20 bits per heavy atom. The summed E-state index contributed by atoms with van der Waals surface area (Å²) in [6.07, 6.45) is -9.61. The molecule has 14 nitrogen and oxygen atoms in total. The predicted octanol–water partition coefficient (Wildman–Crippen LogP) is -2.44. The van der Waals surface area contributed by atoms with Crippen molar-refractivity contribution in [3.63, 3.8) is 0 Å². The number of aliphatic hydroxyl groups excluding tert-OH is 6. The molecule has 2 aliphatic rings. The molecule has 2 aliphatic heterocycles. The van der Waals surface area contributed by atoms with E-state index in [-0.39, 0.29) is 6.61 Å². The summed E-state index contributed by atoms with van der Waals surface area (Å²) >= 11 is 0. The molecule has 2 fully saturated rings. The standard InChI is InChI=1S/C26H43N2O12/c1-14-8-15(10-27-9-14)13-36-28-6-5-7-35-24-20(33)18(31)22(16(11-29)37-24)39-25-21(34)19(32)23(17(12-30)38-25)40-26(2,3)4/h8-10,16-25,28-34H,1,5-7,11-13H2,2-4H3/p+1/t16?,17?,18-,19-,20?,21?,22+,23+,24-,25+/m0/s1. The molecule has 1 radical (unpaired) electrons. The molecule has 0 spiro atoms. The average molecular weight is 577 g/mol. The number of hydrogen-bond acceptors (Lipinski definition) is 13. The van der Waals surface area contributed by atoms with E-state index in [0.717, 1.165) is 11.1 Å². The lowest BCUT2D eigenvalue weighted by atomic mass is 9.96. The van der Waals surface area contributed by atoms with E-state index < -0.39 is 80.2 Å². The van der Waals surface area contributed by atoms with Gasteiger partial charge in [0.15, 0.2) is 25.0 Å². The number of hydrogen-bond donors (Lipinski definition) is 7. The summed E-state index contributed by atoms with van der Waals surface area (Å²) in [6, 6.07) is 1.88. The fourth-order valence-electron chi connectivity index (χ4n) is 4.44. The Balaban J connectivity index is 1.47. The quantitative estimate of drug-likeness (QED) is 0.0965. The second-order valence-corrected chi connectivity index (χ2v) is 10.9. The third-order valence-electron chi connectivity index (χ3n) is 6.38. The Morgan fingerprint density at radius 1 is 0.925 bits per heavy atom. The number of aromatic nitrogens is 1. The van der Waals surface area contributed by atoms with Crippen molar-refractivity contribution in [1.29, 1.82) is 0 Å². The average Bonchev–Trinajstić information content (AvgIpc) is 2.90. The van der Waals surface area contributed by atoms with Crippen LogP contribution in [0, 0.1) is 6.92 Å². The second-order valence-electron chi connectivity index (χ2n) is 10.9. The number of H-pyrrole nitrogens is 1. The lowest BCUT2D eigenvalue weighted by Gasteiger charge is -2.47. The SMILES string of the molecule is [CH2]c1c[nH+]cc(CONCCCO[C@H]2OC(CO)[C@@H](O[C@H]3OC(CO)[C@@H](OC(C)(C)C)[C@@H](O)C3O)[C@@H](O)C2O)c1. The first-order valence-corrected chi connectivity index (χ1v) is 13.3. The summed E-state index contributed by atoms with van der Waals surface area (Å²) < 4.78 is 28.3. The van der Waals surface area contributed by atoms with Crippen LogP contribution in [0.3, 0.4) is 0 Å². The number of ether oxygens (including phenoxy) is 5. The summed E-state index contributed by atoms with van der Waals surface area (Å²) in [5.41, 5.74) is 3.86. The molecule has 4 unspecified atom stereocenters. The number of rotatable bonds is 13. The van der Waals surface area contributed by atoms with Crippen LogP contribution >= 0.6 is 0 Å². The molecule has 14 heteroatoms. The maximum Gasteiger partial charge on any atom is 0.187 e. The summed E-state index contributed by atoms with van der Waals surface area (Å²) in [6.45, 7) is 8.83. The second kappa shape index (κ2) is 15.2. The van der Waals surface area contributed by atoms with Crippen molar-refractivity contribution in [2.45, 2.75) is 101 Å². The summed E-state index contributed by atoms with van der Waals surface area (Å²) in [5.74, 6) is 0. The van der Waals surface area contributed by atoms with Crippen molar-refractivity contribution in [1.82, 2.24) is 5.48 Å². The van der Waals surface area contributed by atoms with Crippen molar-refractivity contribution < 1.29 is 64.1 Å². The minimum atomic E-state index is -1.62. The van der Waals surface area contributed by atoms with Crippen LogP contribution in [0.5, 0.6) is 0 Å². The van der Waals surface area contributed by atoms with Gasteiger partial charge in [-0.1, -0.05) is 0 Å². The Kier molecular flexibility index (Phi) is 12.6. The van der Waals surface area contributed by atoms with Gasteiger partial charge in [-0.05, 0) is 40.2 Å². The molecule has 10 atom stereocenters. The number of aliphatic hydroxyl groups is 6. The molecular weight excluding hydrogens is 532 g/mol. The first-order chi connectivity index (χ1) is 18.9. The summed E-state index contributed by atoms with van der Waals surface area (Å²) in [5, 5.41) is 62.3. The van der Waals surface area contributed by atoms with Crippen LogP contribution in [0.2, 0.25) is 0 Å². The molecule has 0 bridgehead atoms. The van der Waals surface area contributed by atoms with Crippen LogP contribution in [-0.2, 0) is 35.1 Å². The normalized spacial score (nSPS) is 35.1. The Morgan fingerprint density at radius 2 is 1.55 bits per heavy atom. The van der Waals surface area contributed by atoms with Gasteiger partial charge < -0.3 is 54.3 Å². The van der Waals surface area contributed by atoms with E-state index in [2.05, 4.69) is 17.4 Å². The highest BCUT2D eigenvalue weighted by atomic mass is 16.7. The van der Waals surface area contributed by atoms with Gasteiger partial charge in [-0.15, -0.1) is 0 Å². The predicted molar refractivity (Wildman–Crippen MR) is 136 cm³/mol. The lowest BCUT2D eigenvalue weighted by Crippen LogP contribution is -2.65. The third-order valence-corrected chi connectivity index (χ3v) is 6.38. The number of hydroxylamine groups is 1. The first-order valence-electron chi connectivity index (χ1n) is 13.3. The minimum Gasteiger partial charge on any atom is -0.394 e. The van der Waals surface area contributed by atoms with Gasteiger partial charge in [0.05, 0.1) is 32.0 Å². The molecule has 1 aromatic heterocycles. The van der Waals surface area contributed by atoms with Crippen molar-refractivity contribution in [2.24, 2.45) is 0 Å². The first kappa shape index (κ1) is 33.1. The van der Waals surface area contributed by atoms with Crippen molar-refractivity contribution in [3.05, 3.63) is 36.5 Å².